The van der Waals surface area contributed by atoms with Crippen LogP contribution in [0.1, 0.15) is 35.8 Å². The average molecular weight is 472 g/mol. The number of halogens is 2. The molecule has 0 spiro atoms. The van der Waals surface area contributed by atoms with Gasteiger partial charge in [-0.3, -0.25) is 9.59 Å². The smallest absolute Gasteiger partial charge is 0.315 e. The minimum Gasteiger partial charge on any atom is -0.497 e. The summed E-state index contributed by atoms with van der Waals surface area (Å²) in [5, 5.41) is 4.01. The van der Waals surface area contributed by atoms with Crippen LogP contribution in [0.4, 0.5) is 0 Å². The van der Waals surface area contributed by atoms with Gasteiger partial charge in [-0.1, -0.05) is 48.0 Å². The summed E-state index contributed by atoms with van der Waals surface area (Å²) in [5.41, 5.74) is 3.63. The maximum atomic E-state index is 13.5. The van der Waals surface area contributed by atoms with Crippen molar-refractivity contribution < 1.29 is 19.1 Å². The standard InChI is InChI=1S/C25H23Cl2NO4/c1-13-22(25(30)32-3)23(15-6-9-18(26)19(27)10-15)24-20(28-13)11-16(12-21(24)29)14-4-7-17(31-2)8-5-14/h4-10,16,22-23,28H,1,11-12H2,2-3H3. The van der Waals surface area contributed by atoms with E-state index in [0.717, 1.165) is 22.6 Å². The first kappa shape index (κ1) is 22.4. The Morgan fingerprint density at radius 3 is 2.34 bits per heavy atom. The van der Waals surface area contributed by atoms with Crippen LogP contribution >= 0.6 is 23.2 Å². The molecule has 0 fully saturated rings. The molecule has 166 valence electrons. The van der Waals surface area contributed by atoms with E-state index in [1.165, 1.54) is 7.11 Å². The van der Waals surface area contributed by atoms with Gasteiger partial charge in [-0.2, -0.15) is 0 Å². The molecule has 0 saturated carbocycles. The zero-order valence-electron chi connectivity index (χ0n) is 17.8. The molecule has 1 aliphatic heterocycles. The van der Waals surface area contributed by atoms with Crippen LogP contribution in [0.25, 0.3) is 0 Å². The quantitative estimate of drug-likeness (QED) is 0.605. The number of methoxy groups -OCH3 is 2. The Balaban J connectivity index is 1.78. The fourth-order valence-corrected chi connectivity index (χ4v) is 4.94. The highest BCUT2D eigenvalue weighted by Crippen LogP contribution is 2.47. The van der Waals surface area contributed by atoms with Gasteiger partial charge in [-0.05, 0) is 47.7 Å². The van der Waals surface area contributed by atoms with Gasteiger partial charge >= 0.3 is 5.97 Å². The fourth-order valence-electron chi connectivity index (χ4n) is 4.63. The summed E-state index contributed by atoms with van der Waals surface area (Å²) in [6, 6.07) is 12.9. The molecule has 4 rings (SSSR count). The van der Waals surface area contributed by atoms with Crippen LogP contribution in [0.2, 0.25) is 10.0 Å². The number of rotatable bonds is 4. The molecule has 32 heavy (non-hydrogen) atoms. The van der Waals surface area contributed by atoms with Gasteiger partial charge in [-0.15, -0.1) is 0 Å². The number of esters is 1. The van der Waals surface area contributed by atoms with Crippen LogP contribution in [-0.2, 0) is 14.3 Å². The lowest BCUT2D eigenvalue weighted by molar-refractivity contribution is -0.144. The average Bonchev–Trinajstić information content (AvgIpc) is 2.79. The first-order valence-electron chi connectivity index (χ1n) is 10.2. The van der Waals surface area contributed by atoms with Crippen LogP contribution in [0.3, 0.4) is 0 Å². The Morgan fingerprint density at radius 1 is 1.03 bits per heavy atom. The zero-order chi connectivity index (χ0) is 23.0. The molecule has 0 aromatic heterocycles. The third-order valence-electron chi connectivity index (χ3n) is 6.18. The second kappa shape index (κ2) is 9.00. The van der Waals surface area contributed by atoms with E-state index in [-0.39, 0.29) is 11.7 Å². The minimum atomic E-state index is -0.752. The third kappa shape index (κ3) is 4.03. The van der Waals surface area contributed by atoms with Crippen molar-refractivity contribution in [3.05, 3.63) is 87.2 Å². The zero-order valence-corrected chi connectivity index (χ0v) is 19.3. The molecular formula is C25H23Cl2NO4. The molecule has 0 saturated heterocycles. The Labute approximate surface area is 197 Å². The Kier molecular flexibility index (Phi) is 6.31. The molecule has 5 nitrogen and oxygen atoms in total. The monoisotopic (exact) mass is 471 g/mol. The van der Waals surface area contributed by atoms with Gasteiger partial charge < -0.3 is 14.8 Å². The number of Topliss-reactive ketones (excluding diaryl/α,β-unsaturated/α-hetero) is 1. The van der Waals surface area contributed by atoms with Crippen molar-refractivity contribution in [2.45, 2.75) is 24.7 Å². The molecule has 2 aliphatic rings. The van der Waals surface area contributed by atoms with Crippen LogP contribution in [0, 0.1) is 5.92 Å². The van der Waals surface area contributed by atoms with Gasteiger partial charge in [0.2, 0.25) is 0 Å². The lowest BCUT2D eigenvalue weighted by Gasteiger charge is -2.40. The molecule has 0 radical (unpaired) electrons. The molecule has 2 aromatic rings. The van der Waals surface area contributed by atoms with Crippen molar-refractivity contribution >= 4 is 35.0 Å². The number of carbonyl (C=O) groups excluding carboxylic acids is 2. The molecule has 2 aromatic carbocycles. The number of nitrogens with one attached hydrogen (secondary N) is 1. The summed E-state index contributed by atoms with van der Waals surface area (Å²) in [4.78, 5) is 26.2. The van der Waals surface area contributed by atoms with E-state index in [9.17, 15) is 9.59 Å². The van der Waals surface area contributed by atoms with E-state index in [0.29, 0.717) is 34.2 Å². The second-order valence-electron chi connectivity index (χ2n) is 8.00. The van der Waals surface area contributed by atoms with Crippen molar-refractivity contribution in [2.24, 2.45) is 5.92 Å². The molecule has 3 unspecified atom stereocenters. The predicted molar refractivity (Wildman–Crippen MR) is 124 cm³/mol. The molecular weight excluding hydrogens is 449 g/mol. The first-order chi connectivity index (χ1) is 15.3. The molecule has 0 amide bonds. The fraction of sp³-hybridized carbons (Fsp3) is 0.280. The van der Waals surface area contributed by atoms with E-state index in [2.05, 4.69) is 11.9 Å². The summed E-state index contributed by atoms with van der Waals surface area (Å²) in [7, 11) is 2.95. The maximum absolute atomic E-state index is 13.5. The van der Waals surface area contributed by atoms with Crippen molar-refractivity contribution in [1.82, 2.24) is 5.32 Å². The van der Waals surface area contributed by atoms with E-state index >= 15 is 0 Å². The number of hydrogen-bond acceptors (Lipinski definition) is 5. The summed E-state index contributed by atoms with van der Waals surface area (Å²) in [6.45, 7) is 4.08. The number of ether oxygens (including phenoxy) is 2. The van der Waals surface area contributed by atoms with E-state index in [1.807, 2.05) is 24.3 Å². The van der Waals surface area contributed by atoms with Crippen LogP contribution in [-0.4, -0.2) is 26.0 Å². The Hall–Kier alpha value is -2.76. The maximum Gasteiger partial charge on any atom is 0.315 e. The number of carbonyl (C=O) groups is 2. The SMILES string of the molecule is C=C1NC2=C(C(=O)CC(c3ccc(OC)cc3)C2)C(c2ccc(Cl)c(Cl)c2)C1C(=O)OC. The molecule has 1 N–H and O–H groups in total. The van der Waals surface area contributed by atoms with Crippen molar-refractivity contribution in [3.8, 4) is 5.75 Å². The second-order valence-corrected chi connectivity index (χ2v) is 8.81. The van der Waals surface area contributed by atoms with E-state index < -0.39 is 17.8 Å². The summed E-state index contributed by atoms with van der Waals surface area (Å²) in [6.07, 6.45) is 0.961. The van der Waals surface area contributed by atoms with E-state index in [1.54, 1.807) is 25.3 Å². The Bertz CT molecular complexity index is 1120. The largest absolute Gasteiger partial charge is 0.497 e. The number of hydrogen-bond donors (Lipinski definition) is 1. The van der Waals surface area contributed by atoms with Crippen molar-refractivity contribution in [2.75, 3.05) is 14.2 Å². The summed E-state index contributed by atoms with van der Waals surface area (Å²) in [5.74, 6) is -1.01. The molecule has 0 bridgehead atoms. The highest BCUT2D eigenvalue weighted by Gasteiger charge is 2.45. The first-order valence-corrected chi connectivity index (χ1v) is 11.0. The van der Waals surface area contributed by atoms with Crippen molar-refractivity contribution in [1.29, 1.82) is 0 Å². The van der Waals surface area contributed by atoms with Gasteiger partial charge in [0, 0.05) is 29.3 Å². The molecule has 7 heteroatoms. The third-order valence-corrected chi connectivity index (χ3v) is 6.92. The minimum absolute atomic E-state index is 0.0107. The van der Waals surface area contributed by atoms with Crippen LogP contribution in [0.5, 0.6) is 5.75 Å². The van der Waals surface area contributed by atoms with Crippen molar-refractivity contribution in [3.63, 3.8) is 0 Å². The van der Waals surface area contributed by atoms with Gasteiger partial charge in [-0.25, -0.2) is 0 Å². The summed E-state index contributed by atoms with van der Waals surface area (Å²) < 4.78 is 10.3. The summed E-state index contributed by atoms with van der Waals surface area (Å²) >= 11 is 12.4. The van der Waals surface area contributed by atoms with Gasteiger partial charge in [0.05, 0.1) is 24.3 Å². The van der Waals surface area contributed by atoms with E-state index in [4.69, 9.17) is 32.7 Å². The highest BCUT2D eigenvalue weighted by molar-refractivity contribution is 6.42. The predicted octanol–water partition coefficient (Wildman–Crippen LogP) is 5.39. The number of benzene rings is 2. The number of allylic oxidation sites excluding steroid dienone is 2. The lowest BCUT2D eigenvalue weighted by Crippen LogP contribution is -2.42. The van der Waals surface area contributed by atoms with Gasteiger partial charge in [0.1, 0.15) is 11.7 Å². The van der Waals surface area contributed by atoms with Crippen LogP contribution in [0.15, 0.2) is 66.0 Å². The van der Waals surface area contributed by atoms with Crippen LogP contribution < -0.4 is 10.1 Å². The normalized spacial score (nSPS) is 22.8. The topological polar surface area (TPSA) is 64.6 Å². The number of ketones is 1. The van der Waals surface area contributed by atoms with Gasteiger partial charge in [0.25, 0.3) is 0 Å². The molecule has 1 heterocycles. The Morgan fingerprint density at radius 2 is 1.72 bits per heavy atom. The lowest BCUT2D eigenvalue weighted by atomic mass is 9.69. The van der Waals surface area contributed by atoms with Gasteiger partial charge in [0.15, 0.2) is 5.78 Å². The highest BCUT2D eigenvalue weighted by atomic mass is 35.5. The molecule has 3 atom stereocenters. The molecule has 1 aliphatic carbocycles.